The third kappa shape index (κ3) is 5.88. The summed E-state index contributed by atoms with van der Waals surface area (Å²) in [5.74, 6) is -0.892. The van der Waals surface area contributed by atoms with E-state index >= 15 is 0 Å². The highest BCUT2D eigenvalue weighted by Gasteiger charge is 2.11. The van der Waals surface area contributed by atoms with Crippen LogP contribution in [-0.2, 0) is 16.0 Å². The average Bonchev–Trinajstić information content (AvgIpc) is 3.20. The van der Waals surface area contributed by atoms with Crippen molar-refractivity contribution in [3.63, 3.8) is 0 Å². The second-order valence-electron chi connectivity index (χ2n) is 6.22. The van der Waals surface area contributed by atoms with Crippen LogP contribution in [0.5, 0.6) is 0 Å². The average molecular weight is 444 g/mol. The van der Waals surface area contributed by atoms with Gasteiger partial charge in [0, 0.05) is 28.1 Å². The minimum absolute atomic E-state index is 0.180. The van der Waals surface area contributed by atoms with Gasteiger partial charge in [0.1, 0.15) is 0 Å². The van der Waals surface area contributed by atoms with Crippen LogP contribution in [-0.4, -0.2) is 29.9 Å². The maximum absolute atomic E-state index is 12.2. The number of thiazole rings is 1. The molecule has 1 aromatic heterocycles. The number of amides is 2. The summed E-state index contributed by atoms with van der Waals surface area (Å²) in [5, 5.41) is 8.32. The molecule has 0 saturated heterocycles. The SMILES string of the molecule is COC(=O)c1ccc(NC(=O)CCc2csc(NC(=O)c3ccc(Cl)cc3)n2)cc1. The summed E-state index contributed by atoms with van der Waals surface area (Å²) in [6.45, 7) is 0. The first-order chi connectivity index (χ1) is 14.4. The third-order valence-electron chi connectivity index (χ3n) is 4.08. The molecule has 9 heteroatoms. The van der Waals surface area contributed by atoms with Gasteiger partial charge in [-0.3, -0.25) is 14.9 Å². The number of esters is 1. The molecule has 0 fully saturated rings. The molecule has 0 unspecified atom stereocenters. The largest absolute Gasteiger partial charge is 0.465 e. The van der Waals surface area contributed by atoms with Crippen molar-refractivity contribution >= 4 is 51.5 Å². The minimum atomic E-state index is -0.435. The van der Waals surface area contributed by atoms with E-state index in [4.69, 9.17) is 11.6 Å². The highest BCUT2D eigenvalue weighted by Crippen LogP contribution is 2.19. The van der Waals surface area contributed by atoms with Crippen molar-refractivity contribution in [1.82, 2.24) is 4.98 Å². The Balaban J connectivity index is 1.48. The molecule has 30 heavy (non-hydrogen) atoms. The van der Waals surface area contributed by atoms with Gasteiger partial charge in [0.15, 0.2) is 5.13 Å². The van der Waals surface area contributed by atoms with E-state index in [1.54, 1.807) is 53.9 Å². The number of anilines is 2. The molecule has 2 aromatic carbocycles. The van der Waals surface area contributed by atoms with Crippen LogP contribution in [0, 0.1) is 0 Å². The number of nitrogens with zero attached hydrogens (tertiary/aromatic N) is 1. The molecule has 0 aliphatic heterocycles. The fourth-order valence-corrected chi connectivity index (χ4v) is 3.39. The minimum Gasteiger partial charge on any atom is -0.465 e. The van der Waals surface area contributed by atoms with Crippen LogP contribution in [0.25, 0.3) is 0 Å². The van der Waals surface area contributed by atoms with Crippen LogP contribution in [0.1, 0.15) is 32.8 Å². The molecule has 0 radical (unpaired) electrons. The quantitative estimate of drug-likeness (QED) is 0.527. The zero-order chi connectivity index (χ0) is 21.5. The lowest BCUT2D eigenvalue weighted by Gasteiger charge is -2.05. The maximum Gasteiger partial charge on any atom is 0.337 e. The topological polar surface area (TPSA) is 97.4 Å². The molecule has 0 saturated carbocycles. The molecular weight excluding hydrogens is 426 g/mol. The number of hydrogen-bond donors (Lipinski definition) is 2. The normalized spacial score (nSPS) is 10.3. The molecule has 7 nitrogen and oxygen atoms in total. The lowest BCUT2D eigenvalue weighted by molar-refractivity contribution is -0.116. The van der Waals surface area contributed by atoms with Crippen molar-refractivity contribution in [3.05, 3.63) is 75.8 Å². The first kappa shape index (κ1) is 21.5. The Morgan fingerprint density at radius 3 is 2.33 bits per heavy atom. The van der Waals surface area contributed by atoms with E-state index in [-0.39, 0.29) is 18.2 Å². The number of carbonyl (C=O) groups excluding carboxylic acids is 3. The first-order valence-corrected chi connectivity index (χ1v) is 10.2. The number of ether oxygens (including phenoxy) is 1. The monoisotopic (exact) mass is 443 g/mol. The molecule has 0 aliphatic rings. The van der Waals surface area contributed by atoms with Gasteiger partial charge in [-0.2, -0.15) is 0 Å². The van der Waals surface area contributed by atoms with Crippen molar-refractivity contribution < 1.29 is 19.1 Å². The van der Waals surface area contributed by atoms with E-state index in [2.05, 4.69) is 20.4 Å². The molecule has 0 spiro atoms. The van der Waals surface area contributed by atoms with Crippen molar-refractivity contribution in [2.75, 3.05) is 17.7 Å². The standard InChI is InChI=1S/C21H18ClN3O4S/c1-29-20(28)14-4-8-16(9-5-14)23-18(26)11-10-17-12-30-21(24-17)25-19(27)13-2-6-15(22)7-3-13/h2-9,12H,10-11H2,1H3,(H,23,26)(H,24,25,27). The van der Waals surface area contributed by atoms with Gasteiger partial charge in [-0.25, -0.2) is 9.78 Å². The zero-order valence-electron chi connectivity index (χ0n) is 16.0. The fraction of sp³-hybridized carbons (Fsp3) is 0.143. The highest BCUT2D eigenvalue weighted by atomic mass is 35.5. The molecular formula is C21H18ClN3O4S. The van der Waals surface area contributed by atoms with E-state index in [0.717, 1.165) is 0 Å². The molecule has 0 bridgehead atoms. The summed E-state index contributed by atoms with van der Waals surface area (Å²) in [4.78, 5) is 40.1. The van der Waals surface area contributed by atoms with E-state index in [1.807, 2.05) is 0 Å². The number of rotatable bonds is 7. The number of aryl methyl sites for hydroxylation is 1. The van der Waals surface area contributed by atoms with Crippen LogP contribution >= 0.6 is 22.9 Å². The number of benzene rings is 2. The van der Waals surface area contributed by atoms with Crippen molar-refractivity contribution in [3.8, 4) is 0 Å². The summed E-state index contributed by atoms with van der Waals surface area (Å²) >= 11 is 7.12. The molecule has 2 amide bonds. The fourth-order valence-electron chi connectivity index (χ4n) is 2.52. The zero-order valence-corrected chi connectivity index (χ0v) is 17.5. The predicted molar refractivity (Wildman–Crippen MR) is 116 cm³/mol. The number of carbonyl (C=O) groups is 3. The Bertz CT molecular complexity index is 1050. The van der Waals surface area contributed by atoms with Crippen LogP contribution in [0.4, 0.5) is 10.8 Å². The molecule has 2 N–H and O–H groups in total. The third-order valence-corrected chi connectivity index (χ3v) is 5.14. The summed E-state index contributed by atoms with van der Waals surface area (Å²) < 4.78 is 4.64. The second kappa shape index (κ2) is 10.00. The lowest BCUT2D eigenvalue weighted by atomic mass is 10.2. The van der Waals surface area contributed by atoms with Crippen LogP contribution in [0.2, 0.25) is 5.02 Å². The lowest BCUT2D eigenvalue weighted by Crippen LogP contribution is -2.13. The Kier molecular flexibility index (Phi) is 7.16. The Labute approximate surface area is 182 Å². The van der Waals surface area contributed by atoms with Gasteiger partial charge >= 0.3 is 5.97 Å². The van der Waals surface area contributed by atoms with Gasteiger partial charge in [-0.1, -0.05) is 11.6 Å². The predicted octanol–water partition coefficient (Wildman–Crippen LogP) is 4.41. The second-order valence-corrected chi connectivity index (χ2v) is 7.52. The molecule has 3 aromatic rings. The Morgan fingerprint density at radius 1 is 1.00 bits per heavy atom. The van der Waals surface area contributed by atoms with Crippen LogP contribution in [0.3, 0.4) is 0 Å². The number of nitrogens with one attached hydrogen (secondary N) is 2. The van der Waals surface area contributed by atoms with E-state index in [0.29, 0.717) is 39.1 Å². The van der Waals surface area contributed by atoms with Gasteiger partial charge in [0.2, 0.25) is 5.91 Å². The molecule has 3 rings (SSSR count). The first-order valence-electron chi connectivity index (χ1n) is 8.94. The highest BCUT2D eigenvalue weighted by molar-refractivity contribution is 7.14. The van der Waals surface area contributed by atoms with Gasteiger partial charge in [0.25, 0.3) is 5.91 Å². The Hall–Kier alpha value is -3.23. The molecule has 154 valence electrons. The van der Waals surface area contributed by atoms with Gasteiger partial charge in [-0.05, 0) is 55.0 Å². The number of halogens is 1. The smallest absolute Gasteiger partial charge is 0.337 e. The van der Waals surface area contributed by atoms with Crippen molar-refractivity contribution in [1.29, 1.82) is 0 Å². The van der Waals surface area contributed by atoms with Gasteiger partial charge in [-0.15, -0.1) is 11.3 Å². The number of hydrogen-bond acceptors (Lipinski definition) is 6. The Morgan fingerprint density at radius 2 is 1.67 bits per heavy atom. The maximum atomic E-state index is 12.2. The summed E-state index contributed by atoms with van der Waals surface area (Å²) in [7, 11) is 1.31. The summed E-state index contributed by atoms with van der Waals surface area (Å²) in [6, 6.07) is 13.0. The van der Waals surface area contributed by atoms with Crippen molar-refractivity contribution in [2.45, 2.75) is 12.8 Å². The van der Waals surface area contributed by atoms with E-state index < -0.39 is 5.97 Å². The molecule has 1 heterocycles. The summed E-state index contributed by atoms with van der Waals surface area (Å²) in [6.07, 6.45) is 0.659. The van der Waals surface area contributed by atoms with Crippen LogP contribution < -0.4 is 10.6 Å². The van der Waals surface area contributed by atoms with Gasteiger partial charge < -0.3 is 10.1 Å². The molecule has 0 atom stereocenters. The number of methoxy groups -OCH3 is 1. The van der Waals surface area contributed by atoms with Gasteiger partial charge in [0.05, 0.1) is 18.4 Å². The van der Waals surface area contributed by atoms with E-state index in [1.165, 1.54) is 18.4 Å². The van der Waals surface area contributed by atoms with Crippen LogP contribution in [0.15, 0.2) is 53.9 Å². The number of aromatic nitrogens is 1. The molecule has 0 aliphatic carbocycles. The summed E-state index contributed by atoms with van der Waals surface area (Å²) in [5.41, 5.74) is 2.18. The van der Waals surface area contributed by atoms with E-state index in [9.17, 15) is 14.4 Å². The van der Waals surface area contributed by atoms with Crippen molar-refractivity contribution in [2.24, 2.45) is 0 Å².